The molecule has 6 heteroatoms. The second kappa shape index (κ2) is 4.70. The summed E-state index contributed by atoms with van der Waals surface area (Å²) in [4.78, 5) is 22.3. The van der Waals surface area contributed by atoms with E-state index in [0.29, 0.717) is 16.7 Å². The Labute approximate surface area is 107 Å². The van der Waals surface area contributed by atoms with Crippen LogP contribution in [0.25, 0.3) is 11.0 Å². The largest absolute Gasteiger partial charge is 0.479 e. The van der Waals surface area contributed by atoms with Gasteiger partial charge >= 0.3 is 5.97 Å². The standard InChI is InChI=1S/C12H9ClO5/c1-6(12(15)16)18-7-2-3-8-10(4-7)17-5-9(13)11(8)14/h2-6H,1H3,(H,15,16). The van der Waals surface area contributed by atoms with Gasteiger partial charge in [0.15, 0.2) is 6.10 Å². The summed E-state index contributed by atoms with van der Waals surface area (Å²) in [5.74, 6) is -0.768. The summed E-state index contributed by atoms with van der Waals surface area (Å²) in [6.07, 6.45) is 0.151. The van der Waals surface area contributed by atoms with E-state index in [1.807, 2.05) is 0 Å². The van der Waals surface area contributed by atoms with Gasteiger partial charge in [-0.3, -0.25) is 4.79 Å². The lowest BCUT2D eigenvalue weighted by Gasteiger charge is -2.10. The molecular formula is C12H9ClO5. The molecule has 1 aromatic heterocycles. The average molecular weight is 269 g/mol. The van der Waals surface area contributed by atoms with E-state index >= 15 is 0 Å². The minimum Gasteiger partial charge on any atom is -0.479 e. The van der Waals surface area contributed by atoms with Gasteiger partial charge in [-0.2, -0.15) is 0 Å². The van der Waals surface area contributed by atoms with Gasteiger partial charge in [-0.15, -0.1) is 0 Å². The normalized spacial score (nSPS) is 12.3. The predicted octanol–water partition coefficient (Wildman–Crippen LogP) is 2.30. The van der Waals surface area contributed by atoms with Crippen molar-refractivity contribution < 1.29 is 19.1 Å². The number of halogens is 1. The smallest absolute Gasteiger partial charge is 0.344 e. The fourth-order valence-electron chi connectivity index (χ4n) is 1.41. The second-order valence-corrected chi connectivity index (χ2v) is 4.08. The Kier molecular flexibility index (Phi) is 3.25. The SMILES string of the molecule is CC(Oc1ccc2c(=O)c(Cl)coc2c1)C(=O)O. The lowest BCUT2D eigenvalue weighted by Crippen LogP contribution is -2.22. The molecule has 0 saturated carbocycles. The Morgan fingerprint density at radius 2 is 2.22 bits per heavy atom. The topological polar surface area (TPSA) is 76.7 Å². The number of aliphatic carboxylic acids is 1. The van der Waals surface area contributed by atoms with Crippen molar-refractivity contribution in [3.05, 3.63) is 39.7 Å². The summed E-state index contributed by atoms with van der Waals surface area (Å²) < 4.78 is 10.3. The van der Waals surface area contributed by atoms with Crippen molar-refractivity contribution in [2.75, 3.05) is 0 Å². The predicted molar refractivity (Wildman–Crippen MR) is 65.2 cm³/mol. The third kappa shape index (κ3) is 2.31. The number of ether oxygens (including phenoxy) is 1. The van der Waals surface area contributed by atoms with Gasteiger partial charge in [-0.1, -0.05) is 11.6 Å². The maximum Gasteiger partial charge on any atom is 0.344 e. The summed E-state index contributed by atoms with van der Waals surface area (Å²) >= 11 is 5.64. The molecule has 0 amide bonds. The van der Waals surface area contributed by atoms with Gasteiger partial charge < -0.3 is 14.3 Å². The zero-order chi connectivity index (χ0) is 13.3. The van der Waals surface area contributed by atoms with Crippen molar-refractivity contribution in [2.45, 2.75) is 13.0 Å². The van der Waals surface area contributed by atoms with Crippen LogP contribution in [0.1, 0.15) is 6.92 Å². The maximum absolute atomic E-state index is 11.6. The zero-order valence-electron chi connectivity index (χ0n) is 9.34. The Bertz CT molecular complexity index is 661. The monoisotopic (exact) mass is 268 g/mol. The highest BCUT2D eigenvalue weighted by Gasteiger charge is 2.13. The second-order valence-electron chi connectivity index (χ2n) is 3.67. The van der Waals surface area contributed by atoms with E-state index < -0.39 is 12.1 Å². The Hall–Kier alpha value is -2.01. The quantitative estimate of drug-likeness (QED) is 0.924. The minimum atomic E-state index is -1.08. The number of hydrogen-bond acceptors (Lipinski definition) is 4. The van der Waals surface area contributed by atoms with Crippen LogP contribution in [0.15, 0.2) is 33.7 Å². The van der Waals surface area contributed by atoms with Crippen LogP contribution in [0.4, 0.5) is 0 Å². The maximum atomic E-state index is 11.6. The van der Waals surface area contributed by atoms with Crippen LogP contribution in [0.3, 0.4) is 0 Å². The van der Waals surface area contributed by atoms with Crippen LogP contribution in [0.2, 0.25) is 5.02 Å². The van der Waals surface area contributed by atoms with E-state index in [1.165, 1.54) is 25.1 Å². The summed E-state index contributed by atoms with van der Waals surface area (Å²) in [5, 5.41) is 9.03. The molecule has 1 aromatic carbocycles. The van der Waals surface area contributed by atoms with Crippen LogP contribution in [-0.2, 0) is 4.79 Å². The van der Waals surface area contributed by atoms with Gasteiger partial charge in [0.1, 0.15) is 22.6 Å². The van der Waals surface area contributed by atoms with Crippen LogP contribution in [0.5, 0.6) is 5.75 Å². The Morgan fingerprint density at radius 1 is 1.50 bits per heavy atom. The molecule has 0 bridgehead atoms. The lowest BCUT2D eigenvalue weighted by molar-refractivity contribution is -0.144. The highest BCUT2D eigenvalue weighted by Crippen LogP contribution is 2.21. The fourth-order valence-corrected chi connectivity index (χ4v) is 1.56. The highest BCUT2D eigenvalue weighted by molar-refractivity contribution is 6.30. The third-order valence-electron chi connectivity index (χ3n) is 2.36. The first-order valence-electron chi connectivity index (χ1n) is 5.09. The van der Waals surface area contributed by atoms with E-state index in [-0.39, 0.29) is 10.5 Å². The lowest BCUT2D eigenvalue weighted by atomic mass is 10.2. The number of fused-ring (bicyclic) bond motifs is 1. The van der Waals surface area contributed by atoms with Crippen molar-refractivity contribution in [1.29, 1.82) is 0 Å². The number of carboxylic acid groups (broad SMARTS) is 1. The number of benzene rings is 1. The average Bonchev–Trinajstić information content (AvgIpc) is 2.34. The van der Waals surface area contributed by atoms with Crippen molar-refractivity contribution in [3.8, 4) is 5.75 Å². The molecule has 0 aliphatic heterocycles. The Balaban J connectivity index is 2.43. The first kappa shape index (κ1) is 12.4. The van der Waals surface area contributed by atoms with Crippen molar-refractivity contribution >= 4 is 28.5 Å². The molecule has 2 rings (SSSR count). The van der Waals surface area contributed by atoms with E-state index in [2.05, 4.69) is 0 Å². The van der Waals surface area contributed by atoms with Gasteiger partial charge in [0.2, 0.25) is 5.43 Å². The Morgan fingerprint density at radius 3 is 2.89 bits per heavy atom. The van der Waals surface area contributed by atoms with Crippen molar-refractivity contribution in [3.63, 3.8) is 0 Å². The van der Waals surface area contributed by atoms with Crippen LogP contribution < -0.4 is 10.2 Å². The van der Waals surface area contributed by atoms with E-state index in [9.17, 15) is 9.59 Å². The number of carbonyl (C=O) groups is 1. The first-order valence-corrected chi connectivity index (χ1v) is 5.47. The van der Waals surface area contributed by atoms with Gasteiger partial charge in [0, 0.05) is 6.07 Å². The molecule has 1 heterocycles. The molecule has 0 aliphatic carbocycles. The molecule has 0 fully saturated rings. The van der Waals surface area contributed by atoms with E-state index in [4.69, 9.17) is 25.9 Å². The summed E-state index contributed by atoms with van der Waals surface area (Å²) in [6.45, 7) is 1.41. The van der Waals surface area contributed by atoms with Gasteiger partial charge in [-0.25, -0.2) is 4.79 Å². The molecule has 5 nitrogen and oxygen atoms in total. The molecule has 18 heavy (non-hydrogen) atoms. The molecule has 94 valence electrons. The molecule has 1 atom stereocenters. The number of hydrogen-bond donors (Lipinski definition) is 1. The van der Waals surface area contributed by atoms with Gasteiger partial charge in [-0.05, 0) is 19.1 Å². The zero-order valence-corrected chi connectivity index (χ0v) is 10.1. The molecule has 0 aliphatic rings. The third-order valence-corrected chi connectivity index (χ3v) is 2.63. The van der Waals surface area contributed by atoms with E-state index in [1.54, 1.807) is 0 Å². The number of rotatable bonds is 3. The van der Waals surface area contributed by atoms with Gasteiger partial charge in [0.25, 0.3) is 0 Å². The molecular weight excluding hydrogens is 260 g/mol. The molecule has 0 spiro atoms. The van der Waals surface area contributed by atoms with Crippen LogP contribution >= 0.6 is 11.6 Å². The summed E-state index contributed by atoms with van der Waals surface area (Å²) in [6, 6.07) is 4.43. The van der Waals surface area contributed by atoms with E-state index in [0.717, 1.165) is 6.26 Å². The van der Waals surface area contributed by atoms with Crippen molar-refractivity contribution in [2.24, 2.45) is 0 Å². The van der Waals surface area contributed by atoms with Crippen molar-refractivity contribution in [1.82, 2.24) is 0 Å². The molecule has 0 saturated heterocycles. The van der Waals surface area contributed by atoms with Crippen LogP contribution in [-0.4, -0.2) is 17.2 Å². The van der Waals surface area contributed by atoms with Crippen LogP contribution in [0, 0.1) is 0 Å². The minimum absolute atomic E-state index is 0.00456. The highest BCUT2D eigenvalue weighted by atomic mass is 35.5. The van der Waals surface area contributed by atoms with Gasteiger partial charge in [0.05, 0.1) is 5.39 Å². The molecule has 0 radical (unpaired) electrons. The first-order chi connectivity index (χ1) is 8.49. The molecule has 1 N–H and O–H groups in total. The summed E-state index contributed by atoms with van der Waals surface area (Å²) in [7, 11) is 0. The molecule has 1 unspecified atom stereocenters. The number of carboxylic acids is 1. The summed E-state index contributed by atoms with van der Waals surface area (Å²) in [5.41, 5.74) is -0.0461. The molecule has 2 aromatic rings. The fraction of sp³-hybridized carbons (Fsp3) is 0.167.